The van der Waals surface area contributed by atoms with Gasteiger partial charge in [0.1, 0.15) is 11.3 Å². The number of aryl methyl sites for hydroxylation is 1. The number of anilines is 2. The summed E-state index contributed by atoms with van der Waals surface area (Å²) in [6, 6.07) is 9.83. The molecule has 42 heavy (non-hydrogen) atoms. The van der Waals surface area contributed by atoms with E-state index in [0.29, 0.717) is 37.1 Å². The molecule has 12 heteroatoms. The average Bonchev–Trinajstić information content (AvgIpc) is 2.92. The van der Waals surface area contributed by atoms with E-state index < -0.39 is 35.7 Å². The third-order valence-corrected chi connectivity index (χ3v) is 7.36. The molecule has 1 aromatic carbocycles. The maximum atomic E-state index is 13.0. The minimum Gasteiger partial charge on any atom is -0.426 e. The molecule has 224 valence electrons. The number of aliphatic hydroxyl groups is 1. The van der Waals surface area contributed by atoms with E-state index in [-0.39, 0.29) is 17.8 Å². The smallest absolute Gasteiger partial charge is 0.426 e. The number of pyridine rings is 1. The van der Waals surface area contributed by atoms with Gasteiger partial charge in [-0.3, -0.25) is 14.6 Å². The molecule has 4 rings (SSSR count). The summed E-state index contributed by atoms with van der Waals surface area (Å²) in [4.78, 5) is 35.5. The lowest BCUT2D eigenvalue weighted by Gasteiger charge is -2.37. The summed E-state index contributed by atoms with van der Waals surface area (Å²) in [6.07, 6.45) is -0.616. The minimum atomic E-state index is -4.58. The van der Waals surface area contributed by atoms with Crippen LogP contribution in [0.5, 0.6) is 0 Å². The van der Waals surface area contributed by atoms with Gasteiger partial charge in [-0.05, 0) is 80.8 Å². The summed E-state index contributed by atoms with van der Waals surface area (Å²) < 4.78 is 49.2. The molecule has 1 aliphatic carbocycles. The monoisotopic (exact) mass is 586 g/mol. The summed E-state index contributed by atoms with van der Waals surface area (Å²) in [6.45, 7) is 6.31. The number of carbonyl (C=O) groups excluding carboxylic acids is 2. The number of alkyl halides is 3. The predicted molar refractivity (Wildman–Crippen MR) is 147 cm³/mol. The highest BCUT2D eigenvalue weighted by Crippen LogP contribution is 2.41. The molecule has 9 nitrogen and oxygen atoms in total. The molecule has 2 aromatic heterocycles. The maximum absolute atomic E-state index is 13.0. The van der Waals surface area contributed by atoms with Gasteiger partial charge >= 0.3 is 18.1 Å². The predicted octanol–water partition coefficient (Wildman–Crippen LogP) is 6.08. The molecule has 2 atom stereocenters. The molecule has 0 bridgehead atoms. The zero-order valence-electron chi connectivity index (χ0n) is 23.7. The van der Waals surface area contributed by atoms with Crippen molar-refractivity contribution in [2.75, 3.05) is 5.32 Å². The maximum Gasteiger partial charge on any atom is 0.433 e. The molecular weight excluding hydrogens is 553 g/mol. The lowest BCUT2D eigenvalue weighted by Crippen LogP contribution is -2.37. The molecule has 0 radical (unpaired) electrons. The van der Waals surface area contributed by atoms with Gasteiger partial charge in [0.15, 0.2) is 0 Å². The van der Waals surface area contributed by atoms with Crippen LogP contribution in [0.25, 0.3) is 11.1 Å². The van der Waals surface area contributed by atoms with E-state index in [4.69, 9.17) is 9.47 Å². The van der Waals surface area contributed by atoms with E-state index in [1.807, 2.05) is 19.1 Å². The fourth-order valence-corrected chi connectivity index (χ4v) is 5.21. The summed E-state index contributed by atoms with van der Waals surface area (Å²) in [5, 5.41) is 14.3. The van der Waals surface area contributed by atoms with Gasteiger partial charge in [0.2, 0.25) is 12.2 Å². The zero-order valence-corrected chi connectivity index (χ0v) is 23.7. The van der Waals surface area contributed by atoms with Crippen molar-refractivity contribution < 1.29 is 37.3 Å². The lowest BCUT2D eigenvalue weighted by atomic mass is 9.73. The van der Waals surface area contributed by atoms with Crippen LogP contribution in [0.2, 0.25) is 0 Å². The molecule has 1 fully saturated rings. The van der Waals surface area contributed by atoms with Gasteiger partial charge in [-0.15, -0.1) is 0 Å². The van der Waals surface area contributed by atoms with Crippen LogP contribution in [0, 0.1) is 18.8 Å². The fraction of sp³-hybridized carbons (Fsp3) is 0.433. The van der Waals surface area contributed by atoms with Crippen LogP contribution in [0.1, 0.15) is 63.4 Å². The Hall–Kier alpha value is -4.06. The van der Waals surface area contributed by atoms with Crippen LogP contribution >= 0.6 is 0 Å². The van der Waals surface area contributed by atoms with Crippen LogP contribution in [0.4, 0.5) is 24.8 Å². The largest absolute Gasteiger partial charge is 0.433 e. The van der Waals surface area contributed by atoms with E-state index in [1.54, 1.807) is 31.3 Å². The van der Waals surface area contributed by atoms with Crippen molar-refractivity contribution >= 4 is 23.6 Å². The number of halogens is 3. The molecule has 3 aromatic rings. The highest BCUT2D eigenvalue weighted by Gasteiger charge is 2.39. The van der Waals surface area contributed by atoms with Crippen LogP contribution < -0.4 is 5.32 Å². The number of esters is 2. The number of hydrogen-bond acceptors (Lipinski definition) is 9. The van der Waals surface area contributed by atoms with Crippen LogP contribution in [0.3, 0.4) is 0 Å². The molecular formula is C30H33F3N4O5. The van der Waals surface area contributed by atoms with Gasteiger partial charge in [0.25, 0.3) is 0 Å². The highest BCUT2D eigenvalue weighted by atomic mass is 19.4. The Morgan fingerprint density at radius 2 is 1.71 bits per heavy atom. The van der Waals surface area contributed by atoms with Gasteiger partial charge < -0.3 is 19.9 Å². The molecule has 0 saturated heterocycles. The first-order valence-corrected chi connectivity index (χ1v) is 13.6. The first-order valence-electron chi connectivity index (χ1n) is 13.6. The average molecular weight is 587 g/mol. The number of nitrogens with zero attached hydrogens (tertiary/aromatic N) is 3. The van der Waals surface area contributed by atoms with Gasteiger partial charge in [0, 0.05) is 37.5 Å². The minimum absolute atomic E-state index is 0.131. The van der Waals surface area contributed by atoms with Gasteiger partial charge in [-0.25, -0.2) is 9.97 Å². The first-order chi connectivity index (χ1) is 19.7. The summed E-state index contributed by atoms with van der Waals surface area (Å²) >= 11 is 0. The Balaban J connectivity index is 1.42. The second kappa shape index (κ2) is 12.4. The number of rotatable bonds is 8. The van der Waals surface area contributed by atoms with Crippen molar-refractivity contribution in [1.82, 2.24) is 15.0 Å². The van der Waals surface area contributed by atoms with Gasteiger partial charge in [-0.2, -0.15) is 13.2 Å². The fourth-order valence-electron chi connectivity index (χ4n) is 5.21. The molecule has 2 heterocycles. The Bertz CT molecular complexity index is 1420. The quantitative estimate of drug-likeness (QED) is 0.239. The van der Waals surface area contributed by atoms with Crippen molar-refractivity contribution in [2.45, 2.75) is 71.4 Å². The Labute approximate surface area is 241 Å². The third kappa shape index (κ3) is 7.61. The number of carbonyl (C=O) groups is 2. The highest BCUT2D eigenvalue weighted by molar-refractivity contribution is 5.73. The topological polar surface area (TPSA) is 124 Å². The standard InChI is InChI=1S/C30H33F3N4O5/c1-17-13-22(15-24(14-17)36-28-34-12-11-26(37-28)30(31,32)33)21-7-10-25(35-16-21)29(4,40)23-8-5-20(6-9-23)27(39)42-19(3)41-18(2)38/h7,10-16,19-20,23,40H,5-6,8-9H2,1-4H3,(H,34,36,37). The molecule has 1 saturated carbocycles. The van der Waals surface area contributed by atoms with Crippen LogP contribution in [-0.4, -0.2) is 38.3 Å². The molecule has 2 N–H and O–H groups in total. The number of nitrogens with one attached hydrogen (secondary N) is 1. The van der Waals surface area contributed by atoms with Crippen LogP contribution in [0.15, 0.2) is 48.8 Å². The summed E-state index contributed by atoms with van der Waals surface area (Å²) in [7, 11) is 0. The second-order valence-electron chi connectivity index (χ2n) is 10.7. The molecule has 2 unspecified atom stereocenters. The number of hydrogen-bond donors (Lipinski definition) is 2. The Morgan fingerprint density at radius 1 is 1.00 bits per heavy atom. The van der Waals surface area contributed by atoms with Crippen molar-refractivity contribution in [1.29, 1.82) is 0 Å². The normalized spacial score (nSPS) is 19.3. The van der Waals surface area contributed by atoms with Crippen molar-refractivity contribution in [3.05, 3.63) is 65.7 Å². The molecule has 0 amide bonds. The number of ether oxygens (including phenoxy) is 2. The van der Waals surface area contributed by atoms with E-state index in [1.165, 1.54) is 13.8 Å². The van der Waals surface area contributed by atoms with Crippen molar-refractivity contribution in [2.24, 2.45) is 11.8 Å². The second-order valence-corrected chi connectivity index (χ2v) is 10.7. The molecule has 1 aliphatic rings. The number of benzene rings is 1. The first kappa shape index (κ1) is 30.9. The Morgan fingerprint density at radius 3 is 2.33 bits per heavy atom. The van der Waals surface area contributed by atoms with Crippen molar-refractivity contribution in [3.63, 3.8) is 0 Å². The van der Waals surface area contributed by atoms with Crippen molar-refractivity contribution in [3.8, 4) is 11.1 Å². The Kier molecular flexibility index (Phi) is 9.15. The lowest BCUT2D eigenvalue weighted by molar-refractivity contribution is -0.187. The van der Waals surface area contributed by atoms with E-state index in [9.17, 15) is 27.9 Å². The van der Waals surface area contributed by atoms with Crippen LogP contribution in [-0.2, 0) is 30.8 Å². The van der Waals surface area contributed by atoms with Gasteiger partial charge in [0.05, 0.1) is 11.6 Å². The zero-order chi connectivity index (χ0) is 30.7. The van der Waals surface area contributed by atoms with E-state index in [0.717, 1.165) is 29.0 Å². The van der Waals surface area contributed by atoms with E-state index in [2.05, 4.69) is 20.3 Å². The van der Waals surface area contributed by atoms with E-state index >= 15 is 0 Å². The molecule has 0 spiro atoms. The SMILES string of the molecule is CC(=O)OC(C)OC(=O)C1CCC(C(C)(O)c2ccc(-c3cc(C)cc(Nc4nccc(C(F)(F)F)n4)c3)cn2)CC1. The third-order valence-electron chi connectivity index (χ3n) is 7.36. The number of aromatic nitrogens is 3. The van der Waals surface area contributed by atoms with Gasteiger partial charge in [-0.1, -0.05) is 12.1 Å². The summed E-state index contributed by atoms with van der Waals surface area (Å²) in [5.74, 6) is -1.59. The molecule has 0 aliphatic heterocycles. The summed E-state index contributed by atoms with van der Waals surface area (Å²) in [5.41, 5.74) is 1.10.